The van der Waals surface area contributed by atoms with Crippen LogP contribution in [0.5, 0.6) is 0 Å². The Hall–Kier alpha value is -2.00. The highest BCUT2D eigenvalue weighted by molar-refractivity contribution is 7.92. The van der Waals surface area contributed by atoms with Crippen LogP contribution in [0.4, 0.5) is 5.69 Å². The van der Waals surface area contributed by atoms with Crippen LogP contribution in [-0.4, -0.2) is 50.0 Å². The summed E-state index contributed by atoms with van der Waals surface area (Å²) >= 11 is 18.7. The van der Waals surface area contributed by atoms with Gasteiger partial charge in [-0.2, -0.15) is 0 Å². The Morgan fingerprint density at radius 3 is 2.15 bits per heavy atom. The summed E-state index contributed by atoms with van der Waals surface area (Å²) in [6.45, 7) is 6.26. The van der Waals surface area contributed by atoms with Gasteiger partial charge < -0.3 is 10.2 Å². The van der Waals surface area contributed by atoms with Gasteiger partial charge in [-0.15, -0.1) is 0 Å². The minimum Gasteiger partial charge on any atom is -0.352 e. The zero-order chi connectivity index (χ0) is 25.8. The van der Waals surface area contributed by atoms with Crippen molar-refractivity contribution in [2.24, 2.45) is 0 Å². The zero-order valence-corrected chi connectivity index (χ0v) is 22.7. The number of rotatable bonds is 9. The van der Waals surface area contributed by atoms with Gasteiger partial charge in [-0.25, -0.2) is 8.42 Å². The Morgan fingerprint density at radius 2 is 1.62 bits per heavy atom. The number of hydrogen-bond acceptors (Lipinski definition) is 4. The number of halogens is 3. The second kappa shape index (κ2) is 11.6. The SMILES string of the molecule is Cc1ccc(Cl)cc1N(CC(=O)N(Cc1c(Cl)cccc1Cl)[C@H](C)C(=O)NC(C)C)S(C)(=O)=O. The molecule has 1 atom stereocenters. The summed E-state index contributed by atoms with van der Waals surface area (Å²) in [7, 11) is -3.87. The van der Waals surface area contributed by atoms with Crippen molar-refractivity contribution in [3.8, 4) is 0 Å². The number of nitrogens with one attached hydrogen (secondary N) is 1. The van der Waals surface area contributed by atoms with E-state index in [9.17, 15) is 18.0 Å². The van der Waals surface area contributed by atoms with Crippen molar-refractivity contribution in [2.75, 3.05) is 17.1 Å². The average molecular weight is 549 g/mol. The van der Waals surface area contributed by atoms with Gasteiger partial charge in [0.05, 0.1) is 11.9 Å². The van der Waals surface area contributed by atoms with Gasteiger partial charge in [-0.1, -0.05) is 46.9 Å². The van der Waals surface area contributed by atoms with Crippen molar-refractivity contribution in [3.05, 3.63) is 62.6 Å². The number of nitrogens with zero attached hydrogens (tertiary/aromatic N) is 2. The van der Waals surface area contributed by atoms with Crippen molar-refractivity contribution in [2.45, 2.75) is 46.3 Å². The highest BCUT2D eigenvalue weighted by Gasteiger charge is 2.31. The summed E-state index contributed by atoms with van der Waals surface area (Å²) in [6, 6.07) is 8.62. The van der Waals surface area contributed by atoms with Crippen LogP contribution < -0.4 is 9.62 Å². The van der Waals surface area contributed by atoms with Gasteiger partial charge in [0.2, 0.25) is 21.8 Å². The Kier molecular flexibility index (Phi) is 9.65. The zero-order valence-electron chi connectivity index (χ0n) is 19.6. The number of anilines is 1. The van der Waals surface area contributed by atoms with Gasteiger partial charge in [0.15, 0.2) is 0 Å². The molecule has 0 saturated carbocycles. The molecule has 0 aromatic heterocycles. The summed E-state index contributed by atoms with van der Waals surface area (Å²) in [5.74, 6) is -0.997. The molecule has 0 unspecified atom stereocenters. The van der Waals surface area contributed by atoms with Crippen molar-refractivity contribution in [1.82, 2.24) is 10.2 Å². The fourth-order valence-corrected chi connectivity index (χ4v) is 4.87. The lowest BCUT2D eigenvalue weighted by atomic mass is 10.1. The van der Waals surface area contributed by atoms with E-state index in [1.165, 1.54) is 11.0 Å². The van der Waals surface area contributed by atoms with Gasteiger partial charge in [0.1, 0.15) is 12.6 Å². The predicted octanol–water partition coefficient (Wildman–Crippen LogP) is 4.66. The molecule has 0 aliphatic heterocycles. The summed E-state index contributed by atoms with van der Waals surface area (Å²) < 4.78 is 26.3. The van der Waals surface area contributed by atoms with Crippen LogP contribution in [0.3, 0.4) is 0 Å². The number of sulfonamides is 1. The van der Waals surface area contributed by atoms with E-state index < -0.39 is 34.4 Å². The number of carbonyl (C=O) groups excluding carboxylic acids is 2. The molecule has 0 heterocycles. The quantitative estimate of drug-likeness (QED) is 0.494. The molecule has 2 rings (SSSR count). The first-order valence-corrected chi connectivity index (χ1v) is 13.5. The normalized spacial score (nSPS) is 12.4. The van der Waals surface area contributed by atoms with E-state index in [2.05, 4.69) is 5.32 Å². The van der Waals surface area contributed by atoms with Crippen LogP contribution in [-0.2, 0) is 26.2 Å². The Bertz CT molecular complexity index is 1150. The third kappa shape index (κ3) is 7.25. The smallest absolute Gasteiger partial charge is 0.244 e. The molecule has 0 radical (unpaired) electrons. The second-order valence-electron chi connectivity index (χ2n) is 8.26. The van der Waals surface area contributed by atoms with Crippen LogP contribution in [0.1, 0.15) is 31.9 Å². The van der Waals surface area contributed by atoms with Gasteiger partial charge in [0.25, 0.3) is 0 Å². The molecule has 34 heavy (non-hydrogen) atoms. The van der Waals surface area contributed by atoms with E-state index in [0.717, 1.165) is 10.6 Å². The number of hydrogen-bond donors (Lipinski definition) is 1. The standard InChI is InChI=1S/C23H28Cl3N3O4S/c1-14(2)27-23(31)16(4)28(12-18-19(25)7-6-8-20(18)26)22(30)13-29(34(5,32)33)21-11-17(24)10-9-15(21)3/h6-11,14,16H,12-13H2,1-5H3,(H,27,31)/t16-/m1/s1. The monoisotopic (exact) mass is 547 g/mol. The molecule has 0 aliphatic carbocycles. The van der Waals surface area contributed by atoms with Gasteiger partial charge in [0, 0.05) is 33.2 Å². The maximum absolute atomic E-state index is 13.5. The average Bonchev–Trinajstić information content (AvgIpc) is 2.72. The molecule has 0 bridgehead atoms. The molecule has 1 N–H and O–H groups in total. The maximum Gasteiger partial charge on any atom is 0.244 e. The van der Waals surface area contributed by atoms with Gasteiger partial charge in [-0.05, 0) is 57.5 Å². The van der Waals surface area contributed by atoms with Crippen molar-refractivity contribution < 1.29 is 18.0 Å². The molecule has 0 fully saturated rings. The number of carbonyl (C=O) groups is 2. The summed E-state index contributed by atoms with van der Waals surface area (Å²) in [4.78, 5) is 27.6. The van der Waals surface area contributed by atoms with E-state index in [-0.39, 0.29) is 18.3 Å². The summed E-state index contributed by atoms with van der Waals surface area (Å²) in [6.07, 6.45) is 1.00. The lowest BCUT2D eigenvalue weighted by Gasteiger charge is -2.32. The minimum absolute atomic E-state index is 0.0872. The summed E-state index contributed by atoms with van der Waals surface area (Å²) in [5, 5.41) is 3.75. The van der Waals surface area contributed by atoms with Gasteiger partial charge >= 0.3 is 0 Å². The summed E-state index contributed by atoms with van der Waals surface area (Å²) in [5.41, 5.74) is 1.35. The minimum atomic E-state index is -3.87. The van der Waals surface area contributed by atoms with Crippen LogP contribution >= 0.6 is 34.8 Å². The third-order valence-corrected chi connectivity index (χ3v) is 7.18. The topological polar surface area (TPSA) is 86.8 Å². The lowest BCUT2D eigenvalue weighted by molar-refractivity contribution is -0.139. The van der Waals surface area contributed by atoms with Crippen LogP contribution in [0, 0.1) is 6.92 Å². The van der Waals surface area contributed by atoms with Crippen LogP contribution in [0.2, 0.25) is 15.1 Å². The molecule has 0 spiro atoms. The molecule has 2 aromatic carbocycles. The van der Waals surface area contributed by atoms with Crippen molar-refractivity contribution >= 4 is 62.3 Å². The Morgan fingerprint density at radius 1 is 1.03 bits per heavy atom. The van der Waals surface area contributed by atoms with E-state index in [1.54, 1.807) is 58.0 Å². The van der Waals surface area contributed by atoms with E-state index in [1.807, 2.05) is 0 Å². The Labute approximate surface area is 216 Å². The molecule has 2 amide bonds. The lowest BCUT2D eigenvalue weighted by Crippen LogP contribution is -2.52. The Balaban J connectivity index is 2.50. The van der Waals surface area contributed by atoms with Crippen LogP contribution in [0.15, 0.2) is 36.4 Å². The molecule has 11 heteroatoms. The molecular formula is C23H28Cl3N3O4S. The molecule has 0 saturated heterocycles. The highest BCUT2D eigenvalue weighted by atomic mass is 35.5. The first-order chi connectivity index (χ1) is 15.7. The number of benzene rings is 2. The van der Waals surface area contributed by atoms with E-state index >= 15 is 0 Å². The predicted molar refractivity (Wildman–Crippen MR) is 138 cm³/mol. The van der Waals surface area contributed by atoms with Crippen LogP contribution in [0.25, 0.3) is 0 Å². The third-order valence-electron chi connectivity index (χ3n) is 5.11. The fraction of sp³-hybridized carbons (Fsp3) is 0.391. The molecule has 0 aliphatic rings. The highest BCUT2D eigenvalue weighted by Crippen LogP contribution is 2.29. The fourth-order valence-electron chi connectivity index (χ4n) is 3.29. The first kappa shape index (κ1) is 28.2. The molecule has 7 nitrogen and oxygen atoms in total. The number of amides is 2. The largest absolute Gasteiger partial charge is 0.352 e. The van der Waals surface area contributed by atoms with Crippen molar-refractivity contribution in [3.63, 3.8) is 0 Å². The second-order valence-corrected chi connectivity index (χ2v) is 11.4. The van der Waals surface area contributed by atoms with E-state index in [4.69, 9.17) is 34.8 Å². The van der Waals surface area contributed by atoms with E-state index in [0.29, 0.717) is 26.2 Å². The maximum atomic E-state index is 13.5. The molecular weight excluding hydrogens is 521 g/mol. The number of aryl methyl sites for hydroxylation is 1. The molecule has 2 aromatic rings. The van der Waals surface area contributed by atoms with Gasteiger partial charge in [-0.3, -0.25) is 13.9 Å². The molecule has 186 valence electrons. The van der Waals surface area contributed by atoms with Crippen molar-refractivity contribution in [1.29, 1.82) is 0 Å². The first-order valence-electron chi connectivity index (χ1n) is 10.5.